The van der Waals surface area contributed by atoms with Crippen LogP contribution in [0.1, 0.15) is 8.85 Å². The molecule has 5 heteroatoms. The molecule has 0 radical (unpaired) electrons. The second-order valence-corrected chi connectivity index (χ2v) is 1.17. The van der Waals surface area contributed by atoms with E-state index in [2.05, 4.69) is 0 Å². The van der Waals surface area contributed by atoms with Gasteiger partial charge in [-0.15, -0.1) is 0 Å². The van der Waals surface area contributed by atoms with E-state index in [1.54, 1.807) is 0 Å². The van der Waals surface area contributed by atoms with E-state index < -0.39 is 18.6 Å². The number of hydrogen-bond donors (Lipinski definition) is 2. The molecular weight excluding hydrogens is 115 g/mol. The molecule has 34 valence electrons. The molecule has 0 fully saturated rings. The maximum absolute atomic E-state index is 8.81. The van der Waals surface area contributed by atoms with Gasteiger partial charge < -0.3 is 1.43 Å². The quantitative estimate of drug-likeness (QED) is 0.328. The topological polar surface area (TPSA) is 57.5 Å². The molecule has 0 amide bonds. The van der Waals surface area contributed by atoms with E-state index in [1.165, 1.54) is 0 Å². The van der Waals surface area contributed by atoms with Crippen LogP contribution in [-0.2, 0) is 21.9 Å². The van der Waals surface area contributed by atoms with Crippen LogP contribution >= 0.6 is 0 Å². The van der Waals surface area contributed by atoms with E-state index in [-0.39, 0.29) is 27.7 Å². The molecule has 0 saturated carbocycles. The zero-order chi connectivity index (χ0) is 3.58. The van der Waals surface area contributed by atoms with Crippen molar-refractivity contribution >= 4 is 0 Å². The summed E-state index contributed by atoms with van der Waals surface area (Å²) in [5, 5.41) is 0. The van der Waals surface area contributed by atoms with Crippen molar-refractivity contribution in [3.05, 3.63) is 0 Å². The molecule has 0 bridgehead atoms. The van der Waals surface area contributed by atoms with Crippen LogP contribution < -0.4 is 18.9 Å². The van der Waals surface area contributed by atoms with Gasteiger partial charge in [-0.05, 0) is 0 Å². The fourth-order valence-corrected chi connectivity index (χ4v) is 0. The van der Waals surface area contributed by atoms with Gasteiger partial charge in [0.2, 0.25) is 0 Å². The molecule has 0 aliphatic carbocycles. The summed E-state index contributed by atoms with van der Waals surface area (Å²) in [6.45, 7) is 0. The van der Waals surface area contributed by atoms with Crippen molar-refractivity contribution in [2.24, 2.45) is 0 Å². The van der Waals surface area contributed by atoms with Gasteiger partial charge in [-0.25, -0.2) is 0 Å². The second kappa shape index (κ2) is 9.39. The average Bonchev–Trinajstić information content (AvgIpc) is 0.811. The monoisotopic (exact) mass is 122 g/mol. The fourth-order valence-electron chi connectivity index (χ4n) is 0. The van der Waals surface area contributed by atoms with E-state index in [0.717, 1.165) is 0 Å². The SMILES string of the molecule is C.[H-].[Li+].[O]=[Ti]([OH])[OH]. The van der Waals surface area contributed by atoms with Crippen LogP contribution in [0.15, 0.2) is 0 Å². The normalized spacial score (nSPS) is 4.33. The molecule has 0 aromatic heterocycles. The zero-order valence-corrected chi connectivity index (χ0v) is 4.36. The molecule has 0 aromatic carbocycles. The van der Waals surface area contributed by atoms with Crippen molar-refractivity contribution in [3.8, 4) is 0 Å². The van der Waals surface area contributed by atoms with Crippen LogP contribution in [0.2, 0.25) is 0 Å². The summed E-state index contributed by atoms with van der Waals surface area (Å²) < 4.78 is 23.2. The minimum absolute atomic E-state index is 0. The summed E-state index contributed by atoms with van der Waals surface area (Å²) in [4.78, 5) is 0. The summed E-state index contributed by atoms with van der Waals surface area (Å²) >= 11 is -3.58. The number of hydrogen-bond acceptors (Lipinski definition) is 1. The molecule has 0 spiro atoms. The first kappa shape index (κ1) is 15.7. The summed E-state index contributed by atoms with van der Waals surface area (Å²) in [6.07, 6.45) is 0. The Morgan fingerprint density at radius 2 is 1.50 bits per heavy atom. The first-order valence-corrected chi connectivity index (χ1v) is 2.69. The van der Waals surface area contributed by atoms with Crippen LogP contribution in [0.25, 0.3) is 0 Å². The molecule has 0 unspecified atom stereocenters. The third kappa shape index (κ3) is 76.8. The first-order chi connectivity index (χ1) is 1.73. The zero-order valence-electron chi connectivity index (χ0n) is 3.80. The van der Waals surface area contributed by atoms with Crippen molar-refractivity contribution in [1.82, 2.24) is 0 Å². The van der Waals surface area contributed by atoms with E-state index in [9.17, 15) is 0 Å². The second-order valence-electron chi connectivity index (χ2n) is 0.283. The van der Waals surface area contributed by atoms with Gasteiger partial charge >= 0.3 is 48.2 Å². The Hall–Kier alpha value is 1.03. The standard InChI is InChI=1S/CH4.Li.2H2O.O.Ti.H/h1H4;;2*1H2;;;/q;+1;;;;+2;-1/p-2. The summed E-state index contributed by atoms with van der Waals surface area (Å²) in [5.41, 5.74) is 0. The number of rotatable bonds is 0. The van der Waals surface area contributed by atoms with E-state index in [4.69, 9.17) is 10.7 Å². The van der Waals surface area contributed by atoms with Gasteiger partial charge in [0.25, 0.3) is 0 Å². The molecule has 0 aliphatic heterocycles. The van der Waals surface area contributed by atoms with Crippen molar-refractivity contribution in [2.75, 3.05) is 0 Å². The maximum atomic E-state index is 8.81. The fraction of sp³-hybridized carbons (Fsp3) is 1.00. The van der Waals surface area contributed by atoms with Gasteiger partial charge in [-0.1, -0.05) is 7.43 Å². The van der Waals surface area contributed by atoms with Crippen molar-refractivity contribution in [3.63, 3.8) is 0 Å². The third-order valence-electron chi connectivity index (χ3n) is 0. The molecule has 0 aromatic rings. The van der Waals surface area contributed by atoms with Gasteiger partial charge in [-0.2, -0.15) is 0 Å². The van der Waals surface area contributed by atoms with E-state index >= 15 is 0 Å². The Morgan fingerprint density at radius 1 is 1.50 bits per heavy atom. The Kier molecular flexibility index (Phi) is 24.6. The Morgan fingerprint density at radius 3 is 1.50 bits per heavy atom. The Labute approximate surface area is 57.1 Å². The molecular formula is CH7LiO3Ti. The molecule has 0 aliphatic rings. The van der Waals surface area contributed by atoms with E-state index in [0.29, 0.717) is 0 Å². The predicted molar refractivity (Wildman–Crippen MR) is 13.0 cm³/mol. The van der Waals surface area contributed by atoms with E-state index in [1.807, 2.05) is 0 Å². The summed E-state index contributed by atoms with van der Waals surface area (Å²) in [7, 11) is 0. The van der Waals surface area contributed by atoms with Crippen molar-refractivity contribution in [1.29, 1.82) is 0 Å². The van der Waals surface area contributed by atoms with Crippen LogP contribution in [0.4, 0.5) is 0 Å². The van der Waals surface area contributed by atoms with Crippen LogP contribution in [-0.4, -0.2) is 7.38 Å². The Balaban J connectivity index is -0.0000000150. The van der Waals surface area contributed by atoms with Gasteiger partial charge in [0.05, 0.1) is 0 Å². The van der Waals surface area contributed by atoms with Gasteiger partial charge in [0, 0.05) is 0 Å². The molecule has 2 N–H and O–H groups in total. The van der Waals surface area contributed by atoms with Gasteiger partial charge in [0.15, 0.2) is 0 Å². The van der Waals surface area contributed by atoms with Crippen LogP contribution in [0.3, 0.4) is 0 Å². The van der Waals surface area contributed by atoms with Gasteiger partial charge in [-0.3, -0.25) is 0 Å². The summed E-state index contributed by atoms with van der Waals surface area (Å²) in [6, 6.07) is 0. The van der Waals surface area contributed by atoms with Gasteiger partial charge in [0.1, 0.15) is 0 Å². The first-order valence-electron chi connectivity index (χ1n) is 0.651. The third-order valence-corrected chi connectivity index (χ3v) is 0. The molecule has 3 nitrogen and oxygen atoms in total. The average molecular weight is 122 g/mol. The molecule has 6 heavy (non-hydrogen) atoms. The van der Waals surface area contributed by atoms with Crippen molar-refractivity contribution < 1.29 is 49.6 Å². The minimum atomic E-state index is -3.58. The molecule has 0 saturated heterocycles. The predicted octanol–water partition coefficient (Wildman–Crippen LogP) is -3.48. The van der Waals surface area contributed by atoms with Crippen molar-refractivity contribution in [2.45, 2.75) is 7.43 Å². The molecule has 0 heterocycles. The Bertz CT molecular complexity index is 37.9. The van der Waals surface area contributed by atoms with Crippen LogP contribution in [0.5, 0.6) is 0 Å². The summed E-state index contributed by atoms with van der Waals surface area (Å²) in [5.74, 6) is 0. The molecule has 0 atom stereocenters. The molecule has 0 rings (SSSR count). The van der Waals surface area contributed by atoms with Crippen LogP contribution in [0, 0.1) is 0 Å².